The molecule has 1 amide bonds. The Morgan fingerprint density at radius 3 is 2.52 bits per heavy atom. The van der Waals surface area contributed by atoms with Crippen molar-refractivity contribution in [3.05, 3.63) is 17.5 Å². The Labute approximate surface area is 142 Å². The standard InChI is InChI=1S/C16H24N2O3S2/c19-15(17-14-4-1-2-5-14)12-13-7-9-18(10-8-13)23(20,21)16-6-3-11-22-16/h3,6,11,13-14H,1-2,4-5,7-10,12H2,(H,17,19). The van der Waals surface area contributed by atoms with E-state index in [1.54, 1.807) is 21.8 Å². The number of sulfonamides is 1. The lowest BCUT2D eigenvalue weighted by molar-refractivity contribution is -0.122. The lowest BCUT2D eigenvalue weighted by Gasteiger charge is -2.30. The van der Waals surface area contributed by atoms with Crippen molar-refractivity contribution in [3.63, 3.8) is 0 Å². The molecule has 1 aromatic heterocycles. The van der Waals surface area contributed by atoms with E-state index in [1.807, 2.05) is 0 Å². The Hall–Kier alpha value is -0.920. The van der Waals surface area contributed by atoms with Gasteiger partial charge in [-0.1, -0.05) is 18.9 Å². The summed E-state index contributed by atoms with van der Waals surface area (Å²) < 4.78 is 26.9. The maximum atomic E-state index is 12.5. The van der Waals surface area contributed by atoms with Crippen molar-refractivity contribution in [2.45, 2.75) is 55.2 Å². The van der Waals surface area contributed by atoms with E-state index in [0.717, 1.165) is 25.7 Å². The number of rotatable bonds is 5. The fraction of sp³-hybridized carbons (Fsp3) is 0.688. The highest BCUT2D eigenvalue weighted by molar-refractivity contribution is 7.91. The average molecular weight is 357 g/mol. The maximum absolute atomic E-state index is 12.5. The average Bonchev–Trinajstić information content (AvgIpc) is 3.21. The zero-order chi connectivity index (χ0) is 16.3. The molecule has 0 spiro atoms. The molecule has 2 heterocycles. The van der Waals surface area contributed by atoms with Gasteiger partial charge in [-0.3, -0.25) is 4.79 Å². The first kappa shape index (κ1) is 16.9. The zero-order valence-corrected chi connectivity index (χ0v) is 14.9. The molecule has 0 bridgehead atoms. The summed E-state index contributed by atoms with van der Waals surface area (Å²) in [4.78, 5) is 12.1. The van der Waals surface area contributed by atoms with Crippen molar-refractivity contribution in [2.75, 3.05) is 13.1 Å². The topological polar surface area (TPSA) is 66.5 Å². The Balaban J connectivity index is 1.47. The van der Waals surface area contributed by atoms with Crippen molar-refractivity contribution in [1.29, 1.82) is 0 Å². The third kappa shape index (κ3) is 4.14. The Morgan fingerprint density at radius 1 is 1.22 bits per heavy atom. The lowest BCUT2D eigenvalue weighted by atomic mass is 9.94. The van der Waals surface area contributed by atoms with Gasteiger partial charge in [0.05, 0.1) is 0 Å². The highest BCUT2D eigenvalue weighted by Gasteiger charge is 2.31. The number of carbonyl (C=O) groups is 1. The normalized spacial score (nSPS) is 21.6. The van der Waals surface area contributed by atoms with Gasteiger partial charge >= 0.3 is 0 Å². The van der Waals surface area contributed by atoms with E-state index in [1.165, 1.54) is 24.2 Å². The number of nitrogens with zero attached hydrogens (tertiary/aromatic N) is 1. The molecule has 3 rings (SSSR count). The van der Waals surface area contributed by atoms with Gasteiger partial charge in [0.1, 0.15) is 4.21 Å². The van der Waals surface area contributed by atoms with Gasteiger partial charge in [-0.25, -0.2) is 8.42 Å². The molecule has 1 aliphatic carbocycles. The zero-order valence-electron chi connectivity index (χ0n) is 13.2. The number of hydrogen-bond donors (Lipinski definition) is 1. The molecule has 1 aliphatic heterocycles. The van der Waals surface area contributed by atoms with Crippen LogP contribution >= 0.6 is 11.3 Å². The van der Waals surface area contributed by atoms with Gasteiger partial charge in [0, 0.05) is 25.6 Å². The summed E-state index contributed by atoms with van der Waals surface area (Å²) in [7, 11) is -3.34. The van der Waals surface area contributed by atoms with Gasteiger partial charge in [-0.15, -0.1) is 11.3 Å². The second kappa shape index (κ2) is 7.32. The number of amides is 1. The van der Waals surface area contributed by atoms with Crippen LogP contribution < -0.4 is 5.32 Å². The Bertz CT molecular complexity index is 614. The molecule has 1 aromatic rings. The van der Waals surface area contributed by atoms with Crippen molar-refractivity contribution in [3.8, 4) is 0 Å². The van der Waals surface area contributed by atoms with Gasteiger partial charge in [-0.2, -0.15) is 4.31 Å². The molecule has 0 atom stereocenters. The van der Waals surface area contributed by atoms with E-state index in [4.69, 9.17) is 0 Å². The molecule has 1 saturated carbocycles. The minimum absolute atomic E-state index is 0.136. The molecule has 23 heavy (non-hydrogen) atoms. The fourth-order valence-corrected chi connectivity index (χ4v) is 6.12. The van der Waals surface area contributed by atoms with Gasteiger partial charge < -0.3 is 5.32 Å². The van der Waals surface area contributed by atoms with Gasteiger partial charge in [0.15, 0.2) is 0 Å². The molecule has 2 fully saturated rings. The minimum Gasteiger partial charge on any atom is -0.353 e. The SMILES string of the molecule is O=C(CC1CCN(S(=O)(=O)c2cccs2)CC1)NC1CCCC1. The van der Waals surface area contributed by atoms with Crippen LogP contribution in [0.2, 0.25) is 0 Å². The number of nitrogens with one attached hydrogen (secondary N) is 1. The van der Waals surface area contributed by atoms with Crippen molar-refractivity contribution >= 4 is 27.3 Å². The van der Waals surface area contributed by atoms with Crippen molar-refractivity contribution in [2.24, 2.45) is 5.92 Å². The molecule has 128 valence electrons. The van der Waals surface area contributed by atoms with E-state index >= 15 is 0 Å². The molecule has 7 heteroatoms. The van der Waals surface area contributed by atoms with E-state index < -0.39 is 10.0 Å². The summed E-state index contributed by atoms with van der Waals surface area (Å²) in [5.74, 6) is 0.433. The van der Waals surface area contributed by atoms with E-state index in [0.29, 0.717) is 35.7 Å². The summed E-state index contributed by atoms with van der Waals surface area (Å²) in [5.41, 5.74) is 0. The molecule has 5 nitrogen and oxygen atoms in total. The molecule has 1 saturated heterocycles. The molecular weight excluding hydrogens is 332 g/mol. The third-order valence-corrected chi connectivity index (χ3v) is 8.13. The quantitative estimate of drug-likeness (QED) is 0.882. The van der Waals surface area contributed by atoms with E-state index in [-0.39, 0.29) is 5.91 Å². The molecule has 0 unspecified atom stereocenters. The van der Waals surface area contributed by atoms with E-state index in [2.05, 4.69) is 5.32 Å². The number of thiophene rings is 1. The van der Waals surface area contributed by atoms with Crippen LogP contribution in [0.15, 0.2) is 21.7 Å². The van der Waals surface area contributed by atoms with Crippen LogP contribution in [0.1, 0.15) is 44.9 Å². The van der Waals surface area contributed by atoms with Crippen LogP contribution in [0.5, 0.6) is 0 Å². The molecule has 2 aliphatic rings. The first-order valence-electron chi connectivity index (χ1n) is 8.39. The first-order chi connectivity index (χ1) is 11.1. The molecular formula is C16H24N2O3S2. The van der Waals surface area contributed by atoms with E-state index in [9.17, 15) is 13.2 Å². The number of piperidine rings is 1. The van der Waals surface area contributed by atoms with Crippen molar-refractivity contribution < 1.29 is 13.2 Å². The highest BCUT2D eigenvalue weighted by atomic mass is 32.2. The van der Waals surface area contributed by atoms with Crippen LogP contribution in [-0.4, -0.2) is 37.8 Å². The number of carbonyl (C=O) groups excluding carboxylic acids is 1. The molecule has 1 N–H and O–H groups in total. The van der Waals surface area contributed by atoms with Gasteiger partial charge in [-0.05, 0) is 43.0 Å². The summed E-state index contributed by atoms with van der Waals surface area (Å²) in [6.45, 7) is 1.03. The first-order valence-corrected chi connectivity index (χ1v) is 10.7. The monoisotopic (exact) mass is 356 g/mol. The summed E-state index contributed by atoms with van der Waals surface area (Å²) >= 11 is 1.26. The number of hydrogen-bond acceptors (Lipinski definition) is 4. The van der Waals surface area contributed by atoms with Gasteiger partial charge in [0.25, 0.3) is 10.0 Å². The Kier molecular flexibility index (Phi) is 5.38. The van der Waals surface area contributed by atoms with Crippen LogP contribution in [-0.2, 0) is 14.8 Å². The lowest BCUT2D eigenvalue weighted by Crippen LogP contribution is -2.40. The molecule has 0 aromatic carbocycles. The second-order valence-electron chi connectivity index (χ2n) is 6.53. The van der Waals surface area contributed by atoms with Crippen LogP contribution in [0, 0.1) is 5.92 Å². The summed E-state index contributed by atoms with van der Waals surface area (Å²) in [6, 6.07) is 3.78. The smallest absolute Gasteiger partial charge is 0.252 e. The largest absolute Gasteiger partial charge is 0.353 e. The van der Waals surface area contributed by atoms with Gasteiger partial charge in [0.2, 0.25) is 5.91 Å². The molecule has 0 radical (unpaired) electrons. The third-order valence-electron chi connectivity index (χ3n) is 4.86. The summed E-state index contributed by atoms with van der Waals surface area (Å²) in [6.07, 6.45) is 6.69. The maximum Gasteiger partial charge on any atom is 0.252 e. The summed E-state index contributed by atoms with van der Waals surface area (Å²) in [5, 5.41) is 4.91. The van der Waals surface area contributed by atoms with Crippen molar-refractivity contribution in [1.82, 2.24) is 9.62 Å². The van der Waals surface area contributed by atoms with Crippen LogP contribution in [0.4, 0.5) is 0 Å². The predicted octanol–water partition coefficient (Wildman–Crippen LogP) is 2.60. The predicted molar refractivity (Wildman–Crippen MR) is 90.8 cm³/mol. The van der Waals surface area contributed by atoms with Crippen LogP contribution in [0.3, 0.4) is 0 Å². The second-order valence-corrected chi connectivity index (χ2v) is 9.65. The fourth-order valence-electron chi connectivity index (χ4n) is 3.51. The van der Waals surface area contributed by atoms with Crippen LogP contribution in [0.25, 0.3) is 0 Å². The Morgan fingerprint density at radius 2 is 1.91 bits per heavy atom. The minimum atomic E-state index is -3.34. The highest BCUT2D eigenvalue weighted by Crippen LogP contribution is 2.27.